The minimum atomic E-state index is -0.221. The molecule has 0 fully saturated rings. The molecule has 0 radical (unpaired) electrons. The Balaban J connectivity index is 2.66. The second kappa shape index (κ2) is 5.14. The van der Waals surface area contributed by atoms with Crippen LogP contribution in [0, 0.1) is 0 Å². The zero-order chi connectivity index (χ0) is 11.5. The normalized spacial score (nSPS) is 11.5. The lowest BCUT2D eigenvalue weighted by Crippen LogP contribution is -2.32. The van der Waals surface area contributed by atoms with Crippen molar-refractivity contribution in [1.82, 2.24) is 4.98 Å². The molecule has 0 spiro atoms. The number of nitrogens with one attached hydrogen (secondary N) is 1. The highest BCUT2D eigenvalue weighted by Gasteiger charge is 2.16. The monoisotopic (exact) mass is 292 g/mol. The van der Waals surface area contributed by atoms with E-state index in [1.165, 1.54) is 0 Å². The molecule has 0 atom stereocenters. The Morgan fingerprint density at radius 3 is 2.80 bits per heavy atom. The third-order valence-electron chi connectivity index (χ3n) is 2.04. The van der Waals surface area contributed by atoms with Crippen molar-refractivity contribution in [3.63, 3.8) is 0 Å². The molecule has 0 saturated heterocycles. The van der Waals surface area contributed by atoms with E-state index in [1.54, 1.807) is 19.4 Å². The quantitative estimate of drug-likeness (QED) is 0.924. The van der Waals surface area contributed by atoms with Crippen molar-refractivity contribution in [3.8, 4) is 0 Å². The van der Waals surface area contributed by atoms with Gasteiger partial charge in [0, 0.05) is 19.9 Å². The van der Waals surface area contributed by atoms with E-state index in [9.17, 15) is 0 Å². The maximum absolute atomic E-state index is 5.79. The average molecular weight is 294 g/mol. The summed E-state index contributed by atoms with van der Waals surface area (Å²) in [6.07, 6.45) is 1.61. The van der Waals surface area contributed by atoms with Gasteiger partial charge in [0.15, 0.2) is 0 Å². The van der Waals surface area contributed by atoms with Crippen LogP contribution < -0.4 is 5.32 Å². The molecule has 1 heterocycles. The first kappa shape index (κ1) is 12.7. The molecule has 3 nitrogen and oxygen atoms in total. The number of pyridine rings is 1. The number of aromatic nitrogens is 1. The van der Waals surface area contributed by atoms with E-state index < -0.39 is 0 Å². The minimum absolute atomic E-state index is 0.221. The van der Waals surface area contributed by atoms with E-state index in [1.807, 2.05) is 13.8 Å². The molecule has 0 aliphatic rings. The van der Waals surface area contributed by atoms with Crippen LogP contribution in [0.5, 0.6) is 0 Å². The minimum Gasteiger partial charge on any atom is -0.377 e. The topological polar surface area (TPSA) is 34.1 Å². The van der Waals surface area contributed by atoms with Gasteiger partial charge < -0.3 is 10.1 Å². The van der Waals surface area contributed by atoms with Gasteiger partial charge in [-0.2, -0.15) is 0 Å². The Labute approximate surface area is 103 Å². The molecule has 84 valence electrons. The molecular weight excluding hydrogens is 279 g/mol. The smallest absolute Gasteiger partial charge is 0.140 e. The van der Waals surface area contributed by atoms with Crippen molar-refractivity contribution in [1.29, 1.82) is 0 Å². The van der Waals surface area contributed by atoms with Crippen LogP contribution in [0.4, 0.5) is 5.82 Å². The van der Waals surface area contributed by atoms with Crippen molar-refractivity contribution >= 4 is 33.3 Å². The summed E-state index contributed by atoms with van der Waals surface area (Å²) in [5.41, 5.74) is -0.221. The van der Waals surface area contributed by atoms with Crippen molar-refractivity contribution in [2.24, 2.45) is 0 Å². The predicted molar refractivity (Wildman–Crippen MR) is 66.5 cm³/mol. The van der Waals surface area contributed by atoms with Crippen LogP contribution >= 0.6 is 27.5 Å². The van der Waals surface area contributed by atoms with Gasteiger partial charge in [-0.3, -0.25) is 0 Å². The number of nitrogens with zero attached hydrogens (tertiary/aromatic N) is 1. The Kier molecular flexibility index (Phi) is 4.37. The highest BCUT2D eigenvalue weighted by molar-refractivity contribution is 9.10. The van der Waals surface area contributed by atoms with Gasteiger partial charge in [-0.25, -0.2) is 4.98 Å². The van der Waals surface area contributed by atoms with Gasteiger partial charge in [0.05, 0.1) is 15.1 Å². The Morgan fingerprint density at radius 1 is 1.60 bits per heavy atom. The van der Waals surface area contributed by atoms with Crippen LogP contribution in [0.1, 0.15) is 13.8 Å². The first-order valence-electron chi connectivity index (χ1n) is 4.55. The molecule has 1 rings (SSSR count). The molecule has 15 heavy (non-hydrogen) atoms. The van der Waals surface area contributed by atoms with Crippen molar-refractivity contribution in [3.05, 3.63) is 21.8 Å². The van der Waals surface area contributed by atoms with Crippen LogP contribution in [0.3, 0.4) is 0 Å². The average Bonchev–Trinajstić information content (AvgIpc) is 2.16. The standard InChI is InChI=1S/C10H14BrClN2O/c1-10(2,15-3)6-14-9-8(11)4-7(12)5-13-9/h4-5H,6H2,1-3H3,(H,13,14). The summed E-state index contributed by atoms with van der Waals surface area (Å²) in [5, 5.41) is 3.80. The Bertz CT molecular complexity index is 344. The maximum Gasteiger partial charge on any atom is 0.140 e. The number of ether oxygens (including phenoxy) is 1. The zero-order valence-electron chi connectivity index (χ0n) is 8.97. The zero-order valence-corrected chi connectivity index (χ0v) is 11.3. The first-order valence-corrected chi connectivity index (χ1v) is 5.72. The van der Waals surface area contributed by atoms with E-state index in [-0.39, 0.29) is 5.60 Å². The van der Waals surface area contributed by atoms with E-state index in [4.69, 9.17) is 16.3 Å². The van der Waals surface area contributed by atoms with Crippen molar-refractivity contribution in [2.75, 3.05) is 19.0 Å². The maximum atomic E-state index is 5.79. The molecule has 5 heteroatoms. The summed E-state index contributed by atoms with van der Waals surface area (Å²) in [7, 11) is 1.69. The highest BCUT2D eigenvalue weighted by atomic mass is 79.9. The molecule has 0 amide bonds. The van der Waals surface area contributed by atoms with Gasteiger partial charge >= 0.3 is 0 Å². The number of rotatable bonds is 4. The molecule has 1 N–H and O–H groups in total. The van der Waals surface area contributed by atoms with Crippen molar-refractivity contribution < 1.29 is 4.74 Å². The highest BCUT2D eigenvalue weighted by Crippen LogP contribution is 2.23. The van der Waals surface area contributed by atoms with E-state index in [0.29, 0.717) is 11.6 Å². The summed E-state index contributed by atoms with van der Waals surface area (Å²) in [6.45, 7) is 4.68. The number of halogens is 2. The second-order valence-electron chi connectivity index (χ2n) is 3.80. The third kappa shape index (κ3) is 3.97. The third-order valence-corrected chi connectivity index (χ3v) is 2.85. The van der Waals surface area contributed by atoms with Crippen LogP contribution in [-0.4, -0.2) is 24.2 Å². The number of hydrogen-bond donors (Lipinski definition) is 1. The number of methoxy groups -OCH3 is 1. The number of hydrogen-bond acceptors (Lipinski definition) is 3. The van der Waals surface area contributed by atoms with Crippen LogP contribution in [0.2, 0.25) is 5.02 Å². The lowest BCUT2D eigenvalue weighted by Gasteiger charge is -2.23. The van der Waals surface area contributed by atoms with Gasteiger partial charge in [-0.15, -0.1) is 0 Å². The summed E-state index contributed by atoms with van der Waals surface area (Å²) < 4.78 is 6.14. The molecule has 1 aromatic rings. The lowest BCUT2D eigenvalue weighted by molar-refractivity contribution is 0.0343. The van der Waals surface area contributed by atoms with Gasteiger partial charge in [0.25, 0.3) is 0 Å². The number of anilines is 1. The lowest BCUT2D eigenvalue weighted by atomic mass is 10.1. The first-order chi connectivity index (χ1) is 6.94. The molecule has 0 unspecified atom stereocenters. The van der Waals surface area contributed by atoms with Gasteiger partial charge in [-0.05, 0) is 35.8 Å². The molecular formula is C10H14BrClN2O. The van der Waals surface area contributed by atoms with Gasteiger partial charge in [-0.1, -0.05) is 11.6 Å². The van der Waals surface area contributed by atoms with Crippen LogP contribution in [0.15, 0.2) is 16.7 Å². The molecule has 0 bridgehead atoms. The fraction of sp³-hybridized carbons (Fsp3) is 0.500. The second-order valence-corrected chi connectivity index (χ2v) is 5.09. The van der Waals surface area contributed by atoms with E-state index >= 15 is 0 Å². The van der Waals surface area contributed by atoms with Crippen molar-refractivity contribution in [2.45, 2.75) is 19.4 Å². The summed E-state index contributed by atoms with van der Waals surface area (Å²) in [6, 6.07) is 1.80. The van der Waals surface area contributed by atoms with Gasteiger partial charge in [0.2, 0.25) is 0 Å². The molecule has 0 aliphatic carbocycles. The molecule has 0 saturated carbocycles. The SMILES string of the molecule is COC(C)(C)CNc1ncc(Cl)cc1Br. The fourth-order valence-electron chi connectivity index (χ4n) is 0.913. The largest absolute Gasteiger partial charge is 0.377 e. The molecule has 1 aromatic heterocycles. The Hall–Kier alpha value is -0.320. The van der Waals surface area contributed by atoms with Crippen LogP contribution in [-0.2, 0) is 4.74 Å². The Morgan fingerprint density at radius 2 is 2.27 bits per heavy atom. The van der Waals surface area contributed by atoms with Crippen LogP contribution in [0.25, 0.3) is 0 Å². The summed E-state index contributed by atoms with van der Waals surface area (Å²) in [5.74, 6) is 0.768. The molecule has 0 aromatic carbocycles. The molecule has 0 aliphatic heterocycles. The summed E-state index contributed by atoms with van der Waals surface area (Å²) >= 11 is 9.18. The predicted octanol–water partition coefficient (Wildman–Crippen LogP) is 3.33. The van der Waals surface area contributed by atoms with E-state index in [0.717, 1.165) is 10.3 Å². The summed E-state index contributed by atoms with van der Waals surface area (Å²) in [4.78, 5) is 4.17. The van der Waals surface area contributed by atoms with E-state index in [2.05, 4.69) is 26.2 Å². The van der Waals surface area contributed by atoms with Gasteiger partial charge in [0.1, 0.15) is 5.82 Å². The fourth-order valence-corrected chi connectivity index (χ4v) is 1.69.